The summed E-state index contributed by atoms with van der Waals surface area (Å²) in [6.45, 7) is -0.0586. The summed E-state index contributed by atoms with van der Waals surface area (Å²) in [5, 5.41) is 9.08. The third-order valence-electron chi connectivity index (χ3n) is 1.56. The Bertz CT molecular complexity index is 312. The smallest absolute Gasteiger partial charge is 0.324 e. The van der Waals surface area contributed by atoms with Gasteiger partial charge in [0.05, 0.1) is 0 Å². The molecule has 0 aliphatic heterocycles. The van der Waals surface area contributed by atoms with Gasteiger partial charge in [-0.2, -0.15) is 0 Å². The topological polar surface area (TPSA) is 72.5 Å². The maximum Gasteiger partial charge on any atom is 0.324 e. The van der Waals surface area contributed by atoms with Crippen LogP contribution < -0.4 is 10.5 Å². The fourth-order valence-corrected chi connectivity index (χ4v) is 0.914. The van der Waals surface area contributed by atoms with E-state index in [1.807, 2.05) is 0 Å². The Balaban J connectivity index is 2.46. The quantitative estimate of drug-likeness (QED) is 0.790. The van der Waals surface area contributed by atoms with Crippen molar-refractivity contribution in [3.8, 4) is 5.75 Å². The highest BCUT2D eigenvalue weighted by atomic mass is 35.5. The van der Waals surface area contributed by atoms with Crippen LogP contribution in [0.3, 0.4) is 0 Å². The fourth-order valence-electron chi connectivity index (χ4n) is 0.788. The predicted octanol–water partition coefficient (Wildman–Crippen LogP) is 1.13. The van der Waals surface area contributed by atoms with Crippen molar-refractivity contribution < 1.29 is 14.6 Å². The summed E-state index contributed by atoms with van der Waals surface area (Å²) in [6.07, 6.45) is 0. The molecular weight excluding hydrogens is 206 g/mol. The van der Waals surface area contributed by atoms with Crippen LogP contribution in [0.1, 0.15) is 0 Å². The van der Waals surface area contributed by atoms with Gasteiger partial charge in [-0.05, 0) is 24.3 Å². The van der Waals surface area contributed by atoms with Crippen molar-refractivity contribution >= 4 is 17.6 Å². The first-order valence-electron chi connectivity index (χ1n) is 3.96. The lowest BCUT2D eigenvalue weighted by Gasteiger charge is -2.08. The zero-order valence-corrected chi connectivity index (χ0v) is 8.07. The van der Waals surface area contributed by atoms with Gasteiger partial charge in [0.25, 0.3) is 0 Å². The zero-order valence-electron chi connectivity index (χ0n) is 7.31. The number of carboxylic acid groups (broad SMARTS) is 1. The van der Waals surface area contributed by atoms with Gasteiger partial charge in [0.15, 0.2) is 0 Å². The molecule has 0 aliphatic carbocycles. The Kier molecular flexibility index (Phi) is 3.73. The summed E-state index contributed by atoms with van der Waals surface area (Å²) >= 11 is 5.65. The first kappa shape index (κ1) is 10.8. The molecule has 3 N–H and O–H groups in total. The zero-order chi connectivity index (χ0) is 10.6. The summed E-state index contributed by atoms with van der Waals surface area (Å²) in [5.41, 5.74) is 5.24. The highest BCUT2D eigenvalue weighted by molar-refractivity contribution is 6.30. The maximum atomic E-state index is 10.3. The Hall–Kier alpha value is -1.26. The van der Waals surface area contributed by atoms with E-state index < -0.39 is 12.0 Å². The minimum Gasteiger partial charge on any atom is -0.491 e. The van der Waals surface area contributed by atoms with E-state index in [-0.39, 0.29) is 6.61 Å². The second-order valence-corrected chi connectivity index (χ2v) is 3.15. The molecule has 76 valence electrons. The van der Waals surface area contributed by atoms with Gasteiger partial charge in [0.1, 0.15) is 18.4 Å². The van der Waals surface area contributed by atoms with E-state index in [1.54, 1.807) is 24.3 Å². The third-order valence-corrected chi connectivity index (χ3v) is 1.81. The molecule has 0 aromatic heterocycles. The third kappa shape index (κ3) is 3.24. The Morgan fingerprint density at radius 2 is 2.07 bits per heavy atom. The van der Waals surface area contributed by atoms with Gasteiger partial charge >= 0.3 is 5.97 Å². The van der Waals surface area contributed by atoms with Crippen molar-refractivity contribution in [1.82, 2.24) is 0 Å². The molecule has 0 unspecified atom stereocenters. The summed E-state index contributed by atoms with van der Waals surface area (Å²) in [7, 11) is 0. The summed E-state index contributed by atoms with van der Waals surface area (Å²) in [5.74, 6) is -0.537. The van der Waals surface area contributed by atoms with Crippen LogP contribution in [0.15, 0.2) is 24.3 Å². The number of rotatable bonds is 4. The molecule has 1 aromatic rings. The van der Waals surface area contributed by atoms with E-state index >= 15 is 0 Å². The summed E-state index contributed by atoms with van der Waals surface area (Å²) in [6, 6.07) is 5.60. The standard InChI is InChI=1S/C9H10ClNO3/c10-6-1-3-7(4-2-6)14-5-8(11)9(12)13/h1-4,8H,5,11H2,(H,12,13)/t8-/m0/s1. The lowest BCUT2D eigenvalue weighted by molar-refractivity contribution is -0.139. The maximum absolute atomic E-state index is 10.3. The number of nitrogens with two attached hydrogens (primary N) is 1. The number of halogens is 1. The molecule has 4 nitrogen and oxygen atoms in total. The van der Waals surface area contributed by atoms with Gasteiger partial charge in [0, 0.05) is 5.02 Å². The molecule has 0 saturated carbocycles. The number of aliphatic carboxylic acids is 1. The second-order valence-electron chi connectivity index (χ2n) is 2.71. The van der Waals surface area contributed by atoms with Crippen molar-refractivity contribution in [2.45, 2.75) is 6.04 Å². The van der Waals surface area contributed by atoms with Gasteiger partial charge in [-0.1, -0.05) is 11.6 Å². The van der Waals surface area contributed by atoms with Crippen molar-refractivity contribution in [3.05, 3.63) is 29.3 Å². The molecule has 0 radical (unpaired) electrons. The van der Waals surface area contributed by atoms with Crippen LogP contribution in [-0.2, 0) is 4.79 Å². The Morgan fingerprint density at radius 3 is 2.57 bits per heavy atom. The predicted molar refractivity (Wildman–Crippen MR) is 52.6 cm³/mol. The van der Waals surface area contributed by atoms with Crippen LogP contribution in [0.5, 0.6) is 5.75 Å². The van der Waals surface area contributed by atoms with Crippen LogP contribution in [0.25, 0.3) is 0 Å². The van der Waals surface area contributed by atoms with E-state index in [0.717, 1.165) is 0 Å². The normalized spacial score (nSPS) is 12.1. The van der Waals surface area contributed by atoms with Crippen LogP contribution in [0.4, 0.5) is 0 Å². The van der Waals surface area contributed by atoms with Gasteiger partial charge in [-0.25, -0.2) is 0 Å². The number of ether oxygens (including phenoxy) is 1. The minimum atomic E-state index is -1.08. The number of hydrogen-bond acceptors (Lipinski definition) is 3. The fraction of sp³-hybridized carbons (Fsp3) is 0.222. The van der Waals surface area contributed by atoms with E-state index in [4.69, 9.17) is 27.2 Å². The number of benzene rings is 1. The van der Waals surface area contributed by atoms with E-state index in [9.17, 15) is 4.79 Å². The lowest BCUT2D eigenvalue weighted by atomic mass is 10.3. The Morgan fingerprint density at radius 1 is 1.50 bits per heavy atom. The van der Waals surface area contributed by atoms with Crippen molar-refractivity contribution in [1.29, 1.82) is 0 Å². The molecule has 0 heterocycles. The first-order chi connectivity index (χ1) is 6.59. The van der Waals surface area contributed by atoms with E-state index in [2.05, 4.69) is 0 Å². The molecule has 1 aromatic carbocycles. The highest BCUT2D eigenvalue weighted by Crippen LogP contribution is 2.15. The van der Waals surface area contributed by atoms with Crippen LogP contribution in [0.2, 0.25) is 5.02 Å². The average molecular weight is 216 g/mol. The average Bonchev–Trinajstić information content (AvgIpc) is 2.16. The van der Waals surface area contributed by atoms with Crippen LogP contribution in [0, 0.1) is 0 Å². The lowest BCUT2D eigenvalue weighted by Crippen LogP contribution is -2.36. The molecule has 1 rings (SSSR count). The van der Waals surface area contributed by atoms with E-state index in [1.165, 1.54) is 0 Å². The van der Waals surface area contributed by atoms with Crippen molar-refractivity contribution in [3.63, 3.8) is 0 Å². The molecule has 0 amide bonds. The summed E-state index contributed by atoms with van der Waals surface area (Å²) in [4.78, 5) is 10.3. The first-order valence-corrected chi connectivity index (χ1v) is 4.34. The minimum absolute atomic E-state index is 0.0586. The van der Waals surface area contributed by atoms with E-state index in [0.29, 0.717) is 10.8 Å². The summed E-state index contributed by atoms with van der Waals surface area (Å²) < 4.78 is 5.12. The molecule has 0 fully saturated rings. The Labute approximate surface area is 86.2 Å². The largest absolute Gasteiger partial charge is 0.491 e. The number of carbonyl (C=O) groups is 1. The van der Waals surface area contributed by atoms with Crippen LogP contribution >= 0.6 is 11.6 Å². The molecule has 0 spiro atoms. The SMILES string of the molecule is N[C@@H](COc1ccc(Cl)cc1)C(=O)O. The van der Waals surface area contributed by atoms with Crippen molar-refractivity contribution in [2.75, 3.05) is 6.61 Å². The number of carboxylic acids is 1. The highest BCUT2D eigenvalue weighted by Gasteiger charge is 2.11. The molecule has 0 saturated heterocycles. The van der Waals surface area contributed by atoms with Gasteiger partial charge in [-0.15, -0.1) is 0 Å². The van der Waals surface area contributed by atoms with Gasteiger partial charge in [0.2, 0.25) is 0 Å². The molecule has 0 bridgehead atoms. The number of hydrogen-bond donors (Lipinski definition) is 2. The van der Waals surface area contributed by atoms with Crippen LogP contribution in [-0.4, -0.2) is 23.7 Å². The molecule has 14 heavy (non-hydrogen) atoms. The molecule has 1 atom stereocenters. The van der Waals surface area contributed by atoms with Crippen molar-refractivity contribution in [2.24, 2.45) is 5.73 Å². The molecular formula is C9H10ClNO3. The monoisotopic (exact) mass is 215 g/mol. The molecule has 5 heteroatoms. The van der Waals surface area contributed by atoms with Gasteiger partial charge in [-0.3, -0.25) is 4.79 Å². The second kappa shape index (κ2) is 4.83. The van der Waals surface area contributed by atoms with Gasteiger partial charge < -0.3 is 15.6 Å². The molecule has 0 aliphatic rings.